The summed E-state index contributed by atoms with van der Waals surface area (Å²) in [4.78, 5) is 5.62. The Morgan fingerprint density at radius 1 is 1.38 bits per heavy atom. The molecule has 0 aromatic carbocycles. The summed E-state index contributed by atoms with van der Waals surface area (Å²) >= 11 is 1.70. The van der Waals surface area contributed by atoms with Gasteiger partial charge in [-0.15, -0.1) is 11.3 Å². The van der Waals surface area contributed by atoms with E-state index in [0.717, 1.165) is 10.7 Å². The largest absolute Gasteiger partial charge is 0.396 e. The number of nitrogens with zero attached hydrogens (tertiary/aromatic N) is 1. The number of rotatable bonds is 3. The highest BCUT2D eigenvalue weighted by Gasteiger charge is 2.19. The maximum Gasteiger partial charge on any atom is 0.0900 e. The number of hydrogen-bond acceptors (Lipinski definition) is 3. The third kappa shape index (κ3) is 2.29. The van der Waals surface area contributed by atoms with Crippen LogP contribution in [0.2, 0.25) is 0 Å². The number of aliphatic hydroxyl groups is 1. The predicted molar refractivity (Wildman–Crippen MR) is 56.3 cm³/mol. The van der Waals surface area contributed by atoms with Gasteiger partial charge in [-0.05, 0) is 19.8 Å². The molecule has 1 heterocycles. The molecule has 0 radical (unpaired) electrons. The Hall–Kier alpha value is -0.410. The van der Waals surface area contributed by atoms with Gasteiger partial charge in [-0.2, -0.15) is 0 Å². The van der Waals surface area contributed by atoms with E-state index < -0.39 is 0 Å². The molecule has 0 fully saturated rings. The Bertz CT molecular complexity index is 280. The second-order valence-electron chi connectivity index (χ2n) is 3.72. The van der Waals surface area contributed by atoms with Crippen molar-refractivity contribution in [3.63, 3.8) is 0 Å². The molecule has 13 heavy (non-hydrogen) atoms. The molecule has 1 N–H and O–H groups in total. The number of hydrogen-bond donors (Lipinski definition) is 1. The highest BCUT2D eigenvalue weighted by molar-refractivity contribution is 7.11. The summed E-state index contributed by atoms with van der Waals surface area (Å²) in [6.07, 6.45) is 0. The van der Waals surface area contributed by atoms with Crippen LogP contribution < -0.4 is 0 Å². The van der Waals surface area contributed by atoms with Gasteiger partial charge in [0.2, 0.25) is 0 Å². The summed E-state index contributed by atoms with van der Waals surface area (Å²) in [5.74, 6) is 0.731. The van der Waals surface area contributed by atoms with Crippen molar-refractivity contribution < 1.29 is 5.11 Å². The van der Waals surface area contributed by atoms with E-state index in [0.29, 0.717) is 5.92 Å². The van der Waals surface area contributed by atoms with Crippen LogP contribution in [0.4, 0.5) is 0 Å². The van der Waals surface area contributed by atoms with Crippen LogP contribution >= 0.6 is 11.3 Å². The molecule has 0 aliphatic carbocycles. The molecule has 3 heteroatoms. The fraction of sp³-hybridized carbons (Fsp3) is 0.700. The zero-order chi connectivity index (χ0) is 10.0. The van der Waals surface area contributed by atoms with Gasteiger partial charge in [0.15, 0.2) is 0 Å². The van der Waals surface area contributed by atoms with Crippen molar-refractivity contribution in [1.82, 2.24) is 4.98 Å². The average molecular weight is 199 g/mol. The van der Waals surface area contributed by atoms with Crippen LogP contribution in [-0.2, 0) is 0 Å². The third-order valence-electron chi connectivity index (χ3n) is 2.28. The first-order valence-electron chi connectivity index (χ1n) is 4.61. The molecule has 0 bridgehead atoms. The Morgan fingerprint density at radius 3 is 2.31 bits per heavy atom. The number of aromatic nitrogens is 1. The maximum absolute atomic E-state index is 9.26. The van der Waals surface area contributed by atoms with Gasteiger partial charge in [0.1, 0.15) is 0 Å². The molecule has 0 saturated heterocycles. The minimum absolute atomic E-state index is 0.222. The molecule has 0 aliphatic heterocycles. The van der Waals surface area contributed by atoms with Crippen LogP contribution in [-0.4, -0.2) is 16.7 Å². The third-order valence-corrected chi connectivity index (χ3v) is 3.48. The molecule has 0 saturated carbocycles. The van der Waals surface area contributed by atoms with Crippen molar-refractivity contribution in [3.05, 3.63) is 15.6 Å². The van der Waals surface area contributed by atoms with Crippen LogP contribution in [0.1, 0.15) is 35.3 Å². The molecule has 0 amide bonds. The number of aryl methyl sites for hydroxylation is 2. The van der Waals surface area contributed by atoms with Crippen LogP contribution in [0.15, 0.2) is 0 Å². The van der Waals surface area contributed by atoms with Gasteiger partial charge in [-0.1, -0.05) is 13.8 Å². The molecule has 1 rings (SSSR count). The zero-order valence-electron chi connectivity index (χ0n) is 8.66. The summed E-state index contributed by atoms with van der Waals surface area (Å²) < 4.78 is 0. The predicted octanol–water partition coefficient (Wildman–Crippen LogP) is 2.49. The van der Waals surface area contributed by atoms with E-state index in [1.807, 2.05) is 13.8 Å². The molecule has 2 nitrogen and oxygen atoms in total. The lowest BCUT2D eigenvalue weighted by molar-refractivity contribution is 0.239. The van der Waals surface area contributed by atoms with Crippen LogP contribution in [0.3, 0.4) is 0 Å². The van der Waals surface area contributed by atoms with Gasteiger partial charge in [-0.3, -0.25) is 0 Å². The monoisotopic (exact) mass is 199 g/mol. The molecule has 0 aliphatic rings. The van der Waals surface area contributed by atoms with Gasteiger partial charge in [0, 0.05) is 10.8 Å². The first kappa shape index (κ1) is 10.7. The minimum Gasteiger partial charge on any atom is -0.396 e. The topological polar surface area (TPSA) is 33.1 Å². The first-order chi connectivity index (χ1) is 6.06. The summed E-state index contributed by atoms with van der Waals surface area (Å²) in [5.41, 5.74) is 1.08. The average Bonchev–Trinajstić information content (AvgIpc) is 2.31. The molecule has 1 aromatic heterocycles. The van der Waals surface area contributed by atoms with Crippen molar-refractivity contribution in [2.24, 2.45) is 5.92 Å². The Balaban J connectivity index is 2.97. The minimum atomic E-state index is 0.222. The normalized spacial score (nSPS) is 13.7. The van der Waals surface area contributed by atoms with Crippen LogP contribution in [0, 0.1) is 19.8 Å². The van der Waals surface area contributed by atoms with E-state index in [2.05, 4.69) is 18.8 Å². The molecule has 1 atom stereocenters. The van der Waals surface area contributed by atoms with Crippen molar-refractivity contribution >= 4 is 11.3 Å². The maximum atomic E-state index is 9.26. The van der Waals surface area contributed by atoms with Crippen molar-refractivity contribution in [2.45, 2.75) is 33.6 Å². The Morgan fingerprint density at radius 2 is 2.00 bits per heavy atom. The summed E-state index contributed by atoms with van der Waals surface area (Å²) in [6, 6.07) is 0. The van der Waals surface area contributed by atoms with Gasteiger partial charge in [0.25, 0.3) is 0 Å². The second kappa shape index (κ2) is 4.20. The van der Waals surface area contributed by atoms with Crippen molar-refractivity contribution in [2.75, 3.05) is 6.61 Å². The van der Waals surface area contributed by atoms with Gasteiger partial charge >= 0.3 is 0 Å². The van der Waals surface area contributed by atoms with E-state index in [4.69, 9.17) is 0 Å². The quantitative estimate of drug-likeness (QED) is 0.811. The lowest BCUT2D eigenvalue weighted by atomic mass is 9.94. The van der Waals surface area contributed by atoms with Gasteiger partial charge in [-0.25, -0.2) is 4.98 Å². The Kier molecular flexibility index (Phi) is 3.45. The molecular formula is C10H17NOS. The van der Waals surface area contributed by atoms with Crippen LogP contribution in [0.25, 0.3) is 0 Å². The first-order valence-corrected chi connectivity index (χ1v) is 5.42. The van der Waals surface area contributed by atoms with Crippen molar-refractivity contribution in [3.8, 4) is 0 Å². The lowest BCUT2D eigenvalue weighted by Gasteiger charge is -2.16. The zero-order valence-corrected chi connectivity index (χ0v) is 9.48. The fourth-order valence-electron chi connectivity index (χ4n) is 1.49. The summed E-state index contributed by atoms with van der Waals surface area (Å²) in [6.45, 7) is 8.52. The SMILES string of the molecule is Cc1nc(C)c(C(CO)C(C)C)s1. The molecule has 1 aromatic rings. The second-order valence-corrected chi connectivity index (χ2v) is 4.95. The van der Waals surface area contributed by atoms with E-state index in [-0.39, 0.29) is 12.5 Å². The Labute approximate surface area is 83.6 Å². The van der Waals surface area contributed by atoms with Gasteiger partial charge < -0.3 is 5.11 Å². The summed E-state index contributed by atoms with van der Waals surface area (Å²) in [7, 11) is 0. The highest BCUT2D eigenvalue weighted by Crippen LogP contribution is 2.31. The molecule has 0 spiro atoms. The smallest absolute Gasteiger partial charge is 0.0900 e. The molecular weight excluding hydrogens is 182 g/mol. The fourth-order valence-corrected chi connectivity index (χ4v) is 2.68. The van der Waals surface area contributed by atoms with E-state index in [9.17, 15) is 5.11 Å². The van der Waals surface area contributed by atoms with Crippen molar-refractivity contribution in [1.29, 1.82) is 0 Å². The lowest BCUT2D eigenvalue weighted by Crippen LogP contribution is -2.10. The van der Waals surface area contributed by atoms with E-state index in [1.165, 1.54) is 4.88 Å². The number of thiazole rings is 1. The van der Waals surface area contributed by atoms with E-state index in [1.54, 1.807) is 11.3 Å². The van der Waals surface area contributed by atoms with Crippen LogP contribution in [0.5, 0.6) is 0 Å². The van der Waals surface area contributed by atoms with Gasteiger partial charge in [0.05, 0.1) is 17.3 Å². The highest BCUT2D eigenvalue weighted by atomic mass is 32.1. The molecule has 1 unspecified atom stereocenters. The number of aliphatic hydroxyl groups excluding tert-OH is 1. The summed E-state index contributed by atoms with van der Waals surface area (Å²) in [5, 5.41) is 10.4. The standard InChI is InChI=1S/C10H17NOS/c1-6(2)9(5-12)10-7(3)11-8(4)13-10/h6,9,12H,5H2,1-4H3. The van der Waals surface area contributed by atoms with E-state index >= 15 is 0 Å². The molecule has 74 valence electrons.